The van der Waals surface area contributed by atoms with Crippen LogP contribution in [-0.2, 0) is 14.3 Å². The molecule has 0 N–H and O–H groups in total. The molecule has 0 aromatic heterocycles. The number of benzene rings is 1. The first-order chi connectivity index (χ1) is 8.47. The molecular formula is C13H16ClNO3. The van der Waals surface area contributed by atoms with Gasteiger partial charge in [-0.2, -0.15) is 0 Å². The fourth-order valence-electron chi connectivity index (χ4n) is 1.58. The van der Waals surface area contributed by atoms with E-state index in [9.17, 15) is 9.59 Å². The van der Waals surface area contributed by atoms with Gasteiger partial charge in [0.1, 0.15) is 0 Å². The number of carbonyl (C=O) groups is 2. The molecule has 1 aromatic carbocycles. The molecule has 0 heterocycles. The van der Waals surface area contributed by atoms with Gasteiger partial charge in [-0.15, -0.1) is 0 Å². The molecule has 1 atom stereocenters. The van der Waals surface area contributed by atoms with Gasteiger partial charge in [0.05, 0.1) is 7.11 Å². The number of anilines is 1. The minimum atomic E-state index is -1.67. The first kappa shape index (κ1) is 14.5. The number of para-hydroxylation sites is 1. The molecule has 1 unspecified atom stereocenters. The van der Waals surface area contributed by atoms with Crippen LogP contribution in [0.3, 0.4) is 0 Å². The molecule has 18 heavy (non-hydrogen) atoms. The predicted molar refractivity (Wildman–Crippen MR) is 70.7 cm³/mol. The average molecular weight is 270 g/mol. The van der Waals surface area contributed by atoms with E-state index in [4.69, 9.17) is 11.6 Å². The highest BCUT2D eigenvalue weighted by Gasteiger charge is 2.45. The Labute approximate surface area is 111 Å². The third-order valence-corrected chi connectivity index (χ3v) is 3.37. The second-order valence-electron chi connectivity index (χ2n) is 3.85. The summed E-state index contributed by atoms with van der Waals surface area (Å²) in [6.07, 6.45) is 0.164. The minimum absolute atomic E-state index is 0.164. The van der Waals surface area contributed by atoms with Crippen LogP contribution in [0.15, 0.2) is 30.3 Å². The van der Waals surface area contributed by atoms with Crippen LogP contribution in [0.4, 0.5) is 5.69 Å². The monoisotopic (exact) mass is 269 g/mol. The lowest BCUT2D eigenvalue weighted by molar-refractivity contribution is -0.147. The van der Waals surface area contributed by atoms with Crippen molar-refractivity contribution in [1.82, 2.24) is 0 Å². The number of methoxy groups -OCH3 is 1. The quantitative estimate of drug-likeness (QED) is 0.478. The second-order valence-corrected chi connectivity index (χ2v) is 4.49. The smallest absolute Gasteiger partial charge is 0.336 e. The van der Waals surface area contributed by atoms with Gasteiger partial charge in [-0.1, -0.05) is 36.7 Å². The summed E-state index contributed by atoms with van der Waals surface area (Å²) < 4.78 is 4.60. The van der Waals surface area contributed by atoms with E-state index < -0.39 is 16.8 Å². The Morgan fingerprint density at radius 1 is 1.33 bits per heavy atom. The van der Waals surface area contributed by atoms with Crippen LogP contribution in [0.1, 0.15) is 13.3 Å². The van der Waals surface area contributed by atoms with E-state index in [1.165, 1.54) is 12.0 Å². The van der Waals surface area contributed by atoms with Crippen molar-refractivity contribution in [3.05, 3.63) is 30.3 Å². The van der Waals surface area contributed by atoms with Crippen LogP contribution < -0.4 is 4.90 Å². The first-order valence-corrected chi connectivity index (χ1v) is 5.95. The molecule has 1 aromatic rings. The van der Waals surface area contributed by atoms with Gasteiger partial charge < -0.3 is 9.64 Å². The van der Waals surface area contributed by atoms with Gasteiger partial charge in [0.15, 0.2) is 0 Å². The van der Waals surface area contributed by atoms with Crippen molar-refractivity contribution in [3.8, 4) is 0 Å². The maximum absolute atomic E-state index is 12.3. The van der Waals surface area contributed by atoms with E-state index in [1.54, 1.807) is 38.2 Å². The van der Waals surface area contributed by atoms with E-state index in [1.807, 2.05) is 6.07 Å². The summed E-state index contributed by atoms with van der Waals surface area (Å²) in [5, 5.41) is 0. The molecule has 1 rings (SSSR count). The number of rotatable bonds is 4. The SMILES string of the molecule is CCC(Cl)(C(=O)OC)C(=O)N(C)c1ccccc1. The zero-order chi connectivity index (χ0) is 13.8. The standard InChI is InChI=1S/C13H16ClNO3/c1-4-13(14,12(17)18-3)11(16)15(2)10-8-6-5-7-9-10/h5-9H,4H2,1-3H3. The number of halogens is 1. The highest BCUT2D eigenvalue weighted by atomic mass is 35.5. The Morgan fingerprint density at radius 2 is 1.89 bits per heavy atom. The average Bonchev–Trinajstić information content (AvgIpc) is 2.44. The molecule has 0 aliphatic rings. The van der Waals surface area contributed by atoms with Gasteiger partial charge in [-0.3, -0.25) is 4.79 Å². The van der Waals surface area contributed by atoms with E-state index in [-0.39, 0.29) is 6.42 Å². The molecule has 0 aliphatic carbocycles. The summed E-state index contributed by atoms with van der Waals surface area (Å²) in [4.78, 5) is 23.6. The Bertz CT molecular complexity index is 435. The van der Waals surface area contributed by atoms with Crippen LogP contribution in [0.5, 0.6) is 0 Å². The van der Waals surface area contributed by atoms with Crippen molar-refractivity contribution >= 4 is 29.2 Å². The number of ether oxygens (including phenoxy) is 1. The molecule has 0 radical (unpaired) electrons. The molecular weight excluding hydrogens is 254 g/mol. The minimum Gasteiger partial charge on any atom is -0.467 e. The first-order valence-electron chi connectivity index (χ1n) is 5.58. The molecule has 0 bridgehead atoms. The van der Waals surface area contributed by atoms with Gasteiger partial charge in [0.25, 0.3) is 5.91 Å². The van der Waals surface area contributed by atoms with Gasteiger partial charge in [0, 0.05) is 12.7 Å². The van der Waals surface area contributed by atoms with Crippen molar-refractivity contribution in [2.75, 3.05) is 19.1 Å². The van der Waals surface area contributed by atoms with Crippen molar-refractivity contribution in [1.29, 1.82) is 0 Å². The van der Waals surface area contributed by atoms with E-state index in [2.05, 4.69) is 4.74 Å². The second kappa shape index (κ2) is 5.87. The largest absolute Gasteiger partial charge is 0.467 e. The van der Waals surface area contributed by atoms with Crippen LogP contribution in [0.25, 0.3) is 0 Å². The third kappa shape index (κ3) is 2.64. The number of hydrogen-bond donors (Lipinski definition) is 0. The number of hydrogen-bond acceptors (Lipinski definition) is 3. The summed E-state index contributed by atoms with van der Waals surface area (Å²) in [5.41, 5.74) is 0.671. The normalized spacial score (nSPS) is 13.6. The van der Waals surface area contributed by atoms with Crippen molar-refractivity contribution in [2.45, 2.75) is 18.2 Å². The Balaban J connectivity index is 3.02. The van der Waals surface area contributed by atoms with Crippen molar-refractivity contribution in [2.24, 2.45) is 0 Å². The molecule has 1 amide bonds. The Morgan fingerprint density at radius 3 is 2.33 bits per heavy atom. The number of amides is 1. The lowest BCUT2D eigenvalue weighted by Gasteiger charge is -2.27. The van der Waals surface area contributed by atoms with E-state index in [0.29, 0.717) is 5.69 Å². The molecule has 0 saturated heterocycles. The number of carbonyl (C=O) groups excluding carboxylic acids is 2. The van der Waals surface area contributed by atoms with Crippen molar-refractivity contribution < 1.29 is 14.3 Å². The number of alkyl halides is 1. The predicted octanol–water partition coefficient (Wildman–Crippen LogP) is 2.21. The highest BCUT2D eigenvalue weighted by molar-refractivity contribution is 6.47. The lowest BCUT2D eigenvalue weighted by atomic mass is 10.0. The molecule has 0 fully saturated rings. The van der Waals surface area contributed by atoms with Gasteiger partial charge in [-0.05, 0) is 18.6 Å². The topological polar surface area (TPSA) is 46.6 Å². The van der Waals surface area contributed by atoms with Crippen LogP contribution >= 0.6 is 11.6 Å². The molecule has 5 heteroatoms. The summed E-state index contributed by atoms with van der Waals surface area (Å²) >= 11 is 6.10. The molecule has 0 spiro atoms. The van der Waals surface area contributed by atoms with Crippen LogP contribution in [0.2, 0.25) is 0 Å². The fourth-order valence-corrected chi connectivity index (χ4v) is 1.78. The molecule has 98 valence electrons. The summed E-state index contributed by atoms with van der Waals surface area (Å²) in [7, 11) is 2.79. The van der Waals surface area contributed by atoms with E-state index >= 15 is 0 Å². The highest BCUT2D eigenvalue weighted by Crippen LogP contribution is 2.26. The number of nitrogens with zero attached hydrogens (tertiary/aromatic N) is 1. The van der Waals surface area contributed by atoms with Gasteiger partial charge in [-0.25, -0.2) is 4.79 Å². The summed E-state index contributed by atoms with van der Waals surface area (Å²) in [5.74, 6) is -1.23. The fraction of sp³-hybridized carbons (Fsp3) is 0.385. The molecule has 0 saturated carbocycles. The Kier molecular flexibility index (Phi) is 4.73. The lowest BCUT2D eigenvalue weighted by Crippen LogP contribution is -2.49. The van der Waals surface area contributed by atoms with Crippen LogP contribution in [0, 0.1) is 0 Å². The maximum atomic E-state index is 12.3. The van der Waals surface area contributed by atoms with Gasteiger partial charge >= 0.3 is 5.97 Å². The molecule has 4 nitrogen and oxygen atoms in total. The van der Waals surface area contributed by atoms with Gasteiger partial charge in [0.2, 0.25) is 4.87 Å². The summed E-state index contributed by atoms with van der Waals surface area (Å²) in [6, 6.07) is 8.98. The maximum Gasteiger partial charge on any atom is 0.336 e. The zero-order valence-corrected chi connectivity index (χ0v) is 11.4. The van der Waals surface area contributed by atoms with Crippen molar-refractivity contribution in [3.63, 3.8) is 0 Å². The van der Waals surface area contributed by atoms with E-state index in [0.717, 1.165) is 0 Å². The zero-order valence-electron chi connectivity index (χ0n) is 10.6. The Hall–Kier alpha value is -1.55. The third-order valence-electron chi connectivity index (χ3n) is 2.78. The summed E-state index contributed by atoms with van der Waals surface area (Å²) in [6.45, 7) is 1.67. The molecule has 0 aliphatic heterocycles. The number of esters is 1. The van der Waals surface area contributed by atoms with Crippen LogP contribution in [-0.4, -0.2) is 30.9 Å².